The summed E-state index contributed by atoms with van der Waals surface area (Å²) < 4.78 is 9.29. The van der Waals surface area contributed by atoms with Crippen molar-refractivity contribution in [2.75, 3.05) is 16.5 Å². The number of hydrogen-bond acceptors (Lipinski definition) is 4. The van der Waals surface area contributed by atoms with Crippen molar-refractivity contribution in [1.82, 2.24) is 9.55 Å². The van der Waals surface area contributed by atoms with Gasteiger partial charge in [-0.25, -0.2) is 4.98 Å². The Balaban J connectivity index is 1.01. The zero-order valence-corrected chi connectivity index (χ0v) is 40.0. The SMILES string of the molecule is Cc1cc(-n2c3ccccc3c3ccc(Oc4cc(N5CN(c6c(-c7ccccc7)cccc6-c6ccc(C(C)(C)C)cc6)c6ccccc65)cc(C(C)(C)C)c4)cc32)ncc1-c1ccccc1. The number of nitrogens with zero attached hydrogens (tertiary/aromatic N) is 4. The van der Waals surface area contributed by atoms with Crippen LogP contribution in [-0.4, -0.2) is 16.2 Å². The molecule has 11 rings (SSSR count). The Morgan fingerprint density at radius 3 is 1.71 bits per heavy atom. The summed E-state index contributed by atoms with van der Waals surface area (Å²) >= 11 is 0. The quantitative estimate of drug-likeness (QED) is 0.152. The normalized spacial score (nSPS) is 12.8. The first-order chi connectivity index (χ1) is 32.9. The van der Waals surface area contributed by atoms with Crippen LogP contribution in [0.1, 0.15) is 58.2 Å². The van der Waals surface area contributed by atoms with Crippen LogP contribution in [-0.2, 0) is 10.8 Å². The van der Waals surface area contributed by atoms with Crippen molar-refractivity contribution >= 4 is 44.6 Å². The topological polar surface area (TPSA) is 33.5 Å². The van der Waals surface area contributed by atoms with Gasteiger partial charge in [-0.05, 0) is 99.7 Å². The molecule has 5 heteroatoms. The van der Waals surface area contributed by atoms with E-state index in [9.17, 15) is 0 Å². The third-order valence-electron chi connectivity index (χ3n) is 13.6. The first-order valence-electron chi connectivity index (χ1n) is 23.7. The summed E-state index contributed by atoms with van der Waals surface area (Å²) in [6, 6.07) is 70.0. The van der Waals surface area contributed by atoms with Gasteiger partial charge in [0.25, 0.3) is 0 Å². The van der Waals surface area contributed by atoms with Gasteiger partial charge >= 0.3 is 0 Å². The molecule has 2 aromatic heterocycles. The number of aromatic nitrogens is 2. The van der Waals surface area contributed by atoms with Crippen LogP contribution in [0.25, 0.3) is 61.0 Å². The molecule has 3 heterocycles. The highest BCUT2D eigenvalue weighted by Gasteiger charge is 2.32. The number of ether oxygens (including phenoxy) is 1. The van der Waals surface area contributed by atoms with Crippen LogP contribution >= 0.6 is 0 Å². The van der Waals surface area contributed by atoms with Gasteiger partial charge in [-0.15, -0.1) is 0 Å². The van der Waals surface area contributed by atoms with E-state index in [4.69, 9.17) is 9.72 Å². The number of benzene rings is 8. The molecule has 0 aliphatic carbocycles. The summed E-state index contributed by atoms with van der Waals surface area (Å²) in [5.74, 6) is 2.42. The summed E-state index contributed by atoms with van der Waals surface area (Å²) in [4.78, 5) is 10.0. The average Bonchev–Trinajstić information content (AvgIpc) is 3.90. The Labute approximate surface area is 400 Å². The molecule has 0 saturated heterocycles. The second kappa shape index (κ2) is 16.8. The standard InChI is InChI=1S/C63H56N4O/c1-42-35-60(64-40-55(42)44-21-12-9-13-22-44)67-56-26-15-14-23-53(56)54-34-33-49(39-59(54)67)68-50-37-47(63(5,6)7)36-48(38-50)65-41-66(58-28-17-16-27-57(58)65)61-51(43-19-10-8-11-20-43)24-18-25-52(61)45-29-31-46(32-30-45)62(2,3)4/h8-40H,41H2,1-7H3. The van der Waals surface area contributed by atoms with Gasteiger partial charge in [-0.2, -0.15) is 0 Å². The van der Waals surface area contributed by atoms with E-state index in [1.54, 1.807) is 0 Å². The number of pyridine rings is 1. The fourth-order valence-corrected chi connectivity index (χ4v) is 9.91. The van der Waals surface area contributed by atoms with Crippen LogP contribution in [0.3, 0.4) is 0 Å². The van der Waals surface area contributed by atoms with Crippen molar-refractivity contribution in [3.05, 3.63) is 217 Å². The molecule has 1 aliphatic heterocycles. The third-order valence-corrected chi connectivity index (χ3v) is 13.6. The lowest BCUT2D eigenvalue weighted by Crippen LogP contribution is -2.25. The minimum absolute atomic E-state index is 0.0606. The van der Waals surface area contributed by atoms with E-state index in [-0.39, 0.29) is 10.8 Å². The van der Waals surface area contributed by atoms with Gasteiger partial charge in [-0.1, -0.05) is 175 Å². The highest BCUT2D eigenvalue weighted by molar-refractivity contribution is 6.09. The largest absolute Gasteiger partial charge is 0.457 e. The van der Waals surface area contributed by atoms with E-state index in [2.05, 4.69) is 251 Å². The van der Waals surface area contributed by atoms with Gasteiger partial charge in [0.2, 0.25) is 0 Å². The Hall–Kier alpha value is -7.89. The third kappa shape index (κ3) is 7.78. The molecule has 0 fully saturated rings. The van der Waals surface area contributed by atoms with Crippen LogP contribution in [0.2, 0.25) is 0 Å². The van der Waals surface area contributed by atoms with Gasteiger partial charge in [0.1, 0.15) is 24.0 Å². The Morgan fingerprint density at radius 1 is 0.456 bits per heavy atom. The molecule has 1 aliphatic rings. The van der Waals surface area contributed by atoms with Crippen LogP contribution in [0.5, 0.6) is 11.5 Å². The maximum atomic E-state index is 7.02. The molecular formula is C63H56N4O. The molecule has 10 aromatic rings. The zero-order valence-electron chi connectivity index (χ0n) is 40.0. The predicted molar refractivity (Wildman–Crippen MR) is 286 cm³/mol. The van der Waals surface area contributed by atoms with Gasteiger partial charge in [-0.3, -0.25) is 4.57 Å². The highest BCUT2D eigenvalue weighted by atomic mass is 16.5. The molecule has 0 bridgehead atoms. The van der Waals surface area contributed by atoms with E-state index >= 15 is 0 Å². The van der Waals surface area contributed by atoms with Gasteiger partial charge in [0.05, 0.1) is 28.1 Å². The van der Waals surface area contributed by atoms with Gasteiger partial charge in [0.15, 0.2) is 0 Å². The first-order valence-corrected chi connectivity index (χ1v) is 23.7. The van der Waals surface area contributed by atoms with Crippen molar-refractivity contribution in [1.29, 1.82) is 0 Å². The lowest BCUT2D eigenvalue weighted by atomic mass is 9.86. The van der Waals surface area contributed by atoms with Crippen LogP contribution in [0, 0.1) is 6.92 Å². The second-order valence-electron chi connectivity index (χ2n) is 20.2. The Morgan fingerprint density at radius 2 is 1.04 bits per heavy atom. The molecule has 0 N–H and O–H groups in total. The summed E-state index contributed by atoms with van der Waals surface area (Å²) in [7, 11) is 0. The second-order valence-corrected chi connectivity index (χ2v) is 20.2. The van der Waals surface area contributed by atoms with E-state index < -0.39 is 0 Å². The van der Waals surface area contributed by atoms with E-state index in [1.807, 2.05) is 12.3 Å². The number of anilines is 4. The van der Waals surface area contributed by atoms with Crippen LogP contribution in [0.15, 0.2) is 200 Å². The monoisotopic (exact) mass is 884 g/mol. The molecule has 0 amide bonds. The number of hydrogen-bond donors (Lipinski definition) is 0. The van der Waals surface area contributed by atoms with Crippen molar-refractivity contribution in [2.45, 2.75) is 59.3 Å². The van der Waals surface area contributed by atoms with E-state index in [1.165, 1.54) is 50.0 Å². The molecule has 5 nitrogen and oxygen atoms in total. The summed E-state index contributed by atoms with van der Waals surface area (Å²) in [6.07, 6.45) is 2.00. The number of para-hydroxylation sites is 4. The summed E-state index contributed by atoms with van der Waals surface area (Å²) in [5.41, 5.74) is 17.4. The molecular weight excluding hydrogens is 829 g/mol. The van der Waals surface area contributed by atoms with Gasteiger partial charge < -0.3 is 14.5 Å². The predicted octanol–water partition coefficient (Wildman–Crippen LogP) is 17.1. The highest BCUT2D eigenvalue weighted by Crippen LogP contribution is 2.51. The fourth-order valence-electron chi connectivity index (χ4n) is 9.91. The maximum absolute atomic E-state index is 7.02. The van der Waals surface area contributed by atoms with E-state index in [0.29, 0.717) is 6.67 Å². The zero-order chi connectivity index (χ0) is 46.7. The molecule has 68 heavy (non-hydrogen) atoms. The van der Waals surface area contributed by atoms with Crippen LogP contribution in [0.4, 0.5) is 22.7 Å². The molecule has 334 valence electrons. The van der Waals surface area contributed by atoms with Crippen molar-refractivity contribution in [3.63, 3.8) is 0 Å². The molecule has 8 aromatic carbocycles. The fraction of sp³-hybridized carbons (Fsp3) is 0.159. The molecule has 0 atom stereocenters. The average molecular weight is 885 g/mol. The summed E-state index contributed by atoms with van der Waals surface area (Å²) in [5, 5.41) is 2.33. The lowest BCUT2D eigenvalue weighted by molar-refractivity contribution is 0.479. The van der Waals surface area contributed by atoms with Crippen molar-refractivity contribution in [3.8, 4) is 50.7 Å². The Bertz CT molecular complexity index is 3480. The minimum atomic E-state index is -0.148. The maximum Gasteiger partial charge on any atom is 0.137 e. The smallest absolute Gasteiger partial charge is 0.137 e. The van der Waals surface area contributed by atoms with Crippen LogP contribution < -0.4 is 14.5 Å². The summed E-state index contributed by atoms with van der Waals surface area (Å²) in [6.45, 7) is 16.4. The van der Waals surface area contributed by atoms with E-state index in [0.717, 1.165) is 61.9 Å². The number of rotatable bonds is 8. The molecule has 0 radical (unpaired) electrons. The molecule has 0 saturated carbocycles. The van der Waals surface area contributed by atoms with Crippen molar-refractivity contribution in [2.24, 2.45) is 0 Å². The Kier molecular flexibility index (Phi) is 10.5. The minimum Gasteiger partial charge on any atom is -0.457 e. The lowest BCUT2D eigenvalue weighted by Gasteiger charge is -2.28. The molecule has 0 unspecified atom stereocenters. The number of aryl methyl sites for hydroxylation is 1. The number of fused-ring (bicyclic) bond motifs is 4. The van der Waals surface area contributed by atoms with Crippen molar-refractivity contribution < 1.29 is 4.74 Å². The van der Waals surface area contributed by atoms with Gasteiger partial charge in [0, 0.05) is 51.5 Å². The first kappa shape index (κ1) is 42.7. The molecule has 0 spiro atoms.